The van der Waals surface area contributed by atoms with Gasteiger partial charge in [-0.05, 0) is 37.5 Å². The molecule has 0 aliphatic carbocycles. The molecule has 1 aromatic rings. The van der Waals surface area contributed by atoms with Crippen molar-refractivity contribution in [3.63, 3.8) is 0 Å². The van der Waals surface area contributed by atoms with Gasteiger partial charge in [-0.3, -0.25) is 4.79 Å². The Morgan fingerprint density at radius 1 is 1.53 bits per heavy atom. The van der Waals surface area contributed by atoms with Crippen molar-refractivity contribution >= 4 is 23.6 Å². The van der Waals surface area contributed by atoms with Crippen LogP contribution in [0.1, 0.15) is 25.3 Å². The quantitative estimate of drug-likeness (QED) is 0.865. The first kappa shape index (κ1) is 14.1. The second-order valence-electron chi connectivity index (χ2n) is 4.83. The lowest BCUT2D eigenvalue weighted by atomic mass is 10.1. The Labute approximate surface area is 118 Å². The number of halogens is 1. The minimum atomic E-state index is -0.0397. The van der Waals surface area contributed by atoms with E-state index in [0.29, 0.717) is 10.6 Å². The molecule has 1 aliphatic rings. The number of rotatable bonds is 3. The van der Waals surface area contributed by atoms with Crippen LogP contribution in [0.3, 0.4) is 0 Å². The first-order valence-electron chi connectivity index (χ1n) is 6.48. The minimum Gasteiger partial charge on any atom is -0.394 e. The predicted molar refractivity (Wildman–Crippen MR) is 76.9 cm³/mol. The fraction of sp³-hybridized carbons (Fsp3) is 0.400. The van der Waals surface area contributed by atoms with Gasteiger partial charge in [0.15, 0.2) is 0 Å². The lowest BCUT2D eigenvalue weighted by Crippen LogP contribution is -2.38. The largest absolute Gasteiger partial charge is 0.394 e. The number of hydrogen-bond donors (Lipinski definition) is 1. The molecule has 102 valence electrons. The van der Waals surface area contributed by atoms with Gasteiger partial charge in [0.25, 0.3) is 0 Å². The Balaban J connectivity index is 2.17. The smallest absolute Gasteiger partial charge is 0.249 e. The van der Waals surface area contributed by atoms with Gasteiger partial charge in [-0.2, -0.15) is 0 Å². The third kappa shape index (κ3) is 3.17. The van der Waals surface area contributed by atoms with Crippen molar-refractivity contribution in [2.75, 3.05) is 13.2 Å². The molecule has 2 rings (SSSR count). The molecule has 0 radical (unpaired) electrons. The van der Waals surface area contributed by atoms with E-state index in [4.69, 9.17) is 11.6 Å². The molecular formula is C15H18ClNO2. The summed E-state index contributed by atoms with van der Waals surface area (Å²) in [6, 6.07) is 7.40. The molecule has 1 unspecified atom stereocenters. The number of carbonyl (C=O) groups excluding carboxylic acids is 1. The number of benzene rings is 1. The van der Waals surface area contributed by atoms with Crippen molar-refractivity contribution in [3.05, 3.63) is 40.4 Å². The zero-order valence-corrected chi connectivity index (χ0v) is 11.7. The van der Waals surface area contributed by atoms with Crippen LogP contribution in [0.25, 0.3) is 6.08 Å². The summed E-state index contributed by atoms with van der Waals surface area (Å²) in [5, 5.41) is 9.90. The van der Waals surface area contributed by atoms with Crippen molar-refractivity contribution in [2.45, 2.75) is 25.8 Å². The molecular weight excluding hydrogens is 262 g/mol. The highest BCUT2D eigenvalue weighted by molar-refractivity contribution is 6.32. The zero-order valence-electron chi connectivity index (χ0n) is 11.0. The lowest BCUT2D eigenvalue weighted by Gasteiger charge is -2.23. The molecule has 1 aromatic carbocycles. The molecule has 0 bridgehead atoms. The van der Waals surface area contributed by atoms with E-state index >= 15 is 0 Å². The van der Waals surface area contributed by atoms with Crippen molar-refractivity contribution in [1.82, 2.24) is 4.90 Å². The number of aliphatic hydroxyl groups excluding tert-OH is 1. The second-order valence-corrected chi connectivity index (χ2v) is 5.23. The third-order valence-corrected chi connectivity index (χ3v) is 3.81. The van der Waals surface area contributed by atoms with E-state index in [2.05, 4.69) is 0 Å². The van der Waals surface area contributed by atoms with Crippen LogP contribution < -0.4 is 0 Å². The van der Waals surface area contributed by atoms with Gasteiger partial charge in [0, 0.05) is 17.1 Å². The number of nitrogens with zero attached hydrogens (tertiary/aromatic N) is 1. The molecule has 1 saturated heterocycles. The van der Waals surface area contributed by atoms with Crippen LogP contribution in [0, 0.1) is 0 Å². The van der Waals surface area contributed by atoms with Crippen molar-refractivity contribution in [1.29, 1.82) is 0 Å². The van der Waals surface area contributed by atoms with Gasteiger partial charge in [-0.25, -0.2) is 0 Å². The summed E-state index contributed by atoms with van der Waals surface area (Å²) in [5.41, 5.74) is 1.49. The molecule has 1 aliphatic heterocycles. The average Bonchev–Trinajstić information content (AvgIpc) is 2.88. The minimum absolute atomic E-state index is 0.0172. The molecule has 1 heterocycles. The fourth-order valence-electron chi connectivity index (χ4n) is 2.41. The lowest BCUT2D eigenvalue weighted by molar-refractivity contribution is -0.128. The van der Waals surface area contributed by atoms with Gasteiger partial charge in [0.05, 0.1) is 12.6 Å². The number of carbonyl (C=O) groups is 1. The maximum Gasteiger partial charge on any atom is 0.249 e. The van der Waals surface area contributed by atoms with E-state index in [-0.39, 0.29) is 18.6 Å². The number of amides is 1. The molecule has 1 amide bonds. The number of aliphatic hydroxyl groups is 1. The Kier molecular flexibility index (Phi) is 4.61. The molecule has 19 heavy (non-hydrogen) atoms. The molecule has 1 fully saturated rings. The van der Waals surface area contributed by atoms with Crippen LogP contribution in [0.2, 0.25) is 5.02 Å². The number of likely N-dealkylation sites (tertiary alicyclic amines) is 1. The topological polar surface area (TPSA) is 40.5 Å². The monoisotopic (exact) mass is 279 g/mol. The van der Waals surface area contributed by atoms with Gasteiger partial charge in [-0.15, -0.1) is 0 Å². The highest BCUT2D eigenvalue weighted by Crippen LogP contribution is 2.22. The van der Waals surface area contributed by atoms with Crippen LogP contribution in [0.4, 0.5) is 0 Å². The molecule has 0 aromatic heterocycles. The Hall–Kier alpha value is -1.32. The molecule has 1 N–H and O–H groups in total. The van der Waals surface area contributed by atoms with Crippen molar-refractivity contribution < 1.29 is 9.90 Å². The summed E-state index contributed by atoms with van der Waals surface area (Å²) in [6.07, 6.45) is 3.63. The van der Waals surface area contributed by atoms with E-state index in [0.717, 1.165) is 24.9 Å². The Morgan fingerprint density at radius 3 is 2.95 bits per heavy atom. The fourth-order valence-corrected chi connectivity index (χ4v) is 2.60. The summed E-state index contributed by atoms with van der Waals surface area (Å²) < 4.78 is 0. The zero-order chi connectivity index (χ0) is 13.8. The van der Waals surface area contributed by atoms with Gasteiger partial charge in [0.1, 0.15) is 0 Å². The summed E-state index contributed by atoms with van der Waals surface area (Å²) in [5.74, 6) is -0.0172. The summed E-state index contributed by atoms with van der Waals surface area (Å²) >= 11 is 6.08. The van der Waals surface area contributed by atoms with Gasteiger partial charge in [-0.1, -0.05) is 29.8 Å². The predicted octanol–water partition coefficient (Wildman–Crippen LogP) is 2.73. The summed E-state index contributed by atoms with van der Waals surface area (Å²) in [7, 11) is 0. The van der Waals surface area contributed by atoms with Gasteiger partial charge < -0.3 is 10.0 Å². The maximum absolute atomic E-state index is 12.3. The van der Waals surface area contributed by atoms with Crippen LogP contribution >= 0.6 is 11.6 Å². The van der Waals surface area contributed by atoms with Crippen molar-refractivity contribution in [2.24, 2.45) is 0 Å². The van der Waals surface area contributed by atoms with Crippen LogP contribution in [0.15, 0.2) is 29.8 Å². The summed E-state index contributed by atoms with van der Waals surface area (Å²) in [4.78, 5) is 14.1. The first-order chi connectivity index (χ1) is 9.13. The van der Waals surface area contributed by atoms with Gasteiger partial charge in [0.2, 0.25) is 5.91 Å². The highest BCUT2D eigenvalue weighted by Gasteiger charge is 2.28. The molecule has 0 saturated carbocycles. The summed E-state index contributed by atoms with van der Waals surface area (Å²) in [6.45, 7) is 2.54. The molecule has 0 spiro atoms. The van der Waals surface area contributed by atoms with E-state index in [9.17, 15) is 9.90 Å². The average molecular weight is 280 g/mol. The molecule has 3 nitrogen and oxygen atoms in total. The SMILES string of the molecule is C/C(=C\c1ccccc1Cl)C(=O)N1CCCC1CO. The maximum atomic E-state index is 12.3. The third-order valence-electron chi connectivity index (χ3n) is 3.46. The normalized spacial score (nSPS) is 19.8. The number of hydrogen-bond acceptors (Lipinski definition) is 2. The molecule has 4 heteroatoms. The van der Waals surface area contributed by atoms with Crippen molar-refractivity contribution in [3.8, 4) is 0 Å². The van der Waals surface area contributed by atoms with E-state index < -0.39 is 0 Å². The van der Waals surface area contributed by atoms with E-state index in [1.165, 1.54) is 0 Å². The van der Waals surface area contributed by atoms with Crippen LogP contribution in [0.5, 0.6) is 0 Å². The van der Waals surface area contributed by atoms with E-state index in [1.807, 2.05) is 18.2 Å². The van der Waals surface area contributed by atoms with Gasteiger partial charge >= 0.3 is 0 Å². The molecule has 1 atom stereocenters. The van der Waals surface area contributed by atoms with Crippen LogP contribution in [-0.2, 0) is 4.79 Å². The first-order valence-corrected chi connectivity index (χ1v) is 6.86. The van der Waals surface area contributed by atoms with E-state index in [1.54, 1.807) is 24.0 Å². The highest BCUT2D eigenvalue weighted by atomic mass is 35.5. The van der Waals surface area contributed by atoms with Crippen LogP contribution in [-0.4, -0.2) is 35.1 Å². The standard InChI is InChI=1S/C15H18ClNO2/c1-11(9-12-5-2-3-7-14(12)16)15(19)17-8-4-6-13(17)10-18/h2-3,5,7,9,13,18H,4,6,8,10H2,1H3/b11-9+. The Bertz CT molecular complexity index is 499. The Morgan fingerprint density at radius 2 is 2.26 bits per heavy atom. The second kappa shape index (κ2) is 6.22.